The summed E-state index contributed by atoms with van der Waals surface area (Å²) < 4.78 is 4.38. The molecular weight excluding hydrogens is 242 g/mol. The molecule has 0 saturated carbocycles. The molecule has 2 rings (SSSR count). The molecule has 2 radical (unpaired) electrons. The second-order valence-corrected chi connectivity index (χ2v) is 5.12. The summed E-state index contributed by atoms with van der Waals surface area (Å²) in [6, 6.07) is 8.88. The van der Waals surface area contributed by atoms with E-state index in [4.69, 9.17) is 0 Å². The summed E-state index contributed by atoms with van der Waals surface area (Å²) >= 11 is 0. The highest BCUT2D eigenvalue weighted by molar-refractivity contribution is 6.31. The molecule has 0 aromatic carbocycles. The molecule has 2 aromatic heterocycles. The zero-order valence-corrected chi connectivity index (χ0v) is 12.5. The van der Waals surface area contributed by atoms with Crippen molar-refractivity contribution in [2.75, 3.05) is 0 Å². The minimum Gasteiger partial charge on any atom is -0.214 e. The van der Waals surface area contributed by atoms with Crippen LogP contribution in [0.4, 0.5) is 0 Å². The van der Waals surface area contributed by atoms with Gasteiger partial charge in [-0.25, -0.2) is 9.13 Å². The topological polar surface area (TPSA) is 7.76 Å². The van der Waals surface area contributed by atoms with Crippen LogP contribution in [0.5, 0.6) is 0 Å². The van der Waals surface area contributed by atoms with Crippen LogP contribution in [0.25, 0.3) is 0 Å². The SMILES string of the molecule is C[B]C[n+]1ccc(CCc2cc[n+](C[B]C)cc2)cc1. The van der Waals surface area contributed by atoms with Gasteiger partial charge in [-0.3, -0.25) is 0 Å². The smallest absolute Gasteiger partial charge is 0.197 e. The van der Waals surface area contributed by atoms with Gasteiger partial charge in [0.2, 0.25) is 0 Å². The second-order valence-electron chi connectivity index (χ2n) is 5.12. The Balaban J connectivity index is 1.87. The summed E-state index contributed by atoms with van der Waals surface area (Å²) in [4.78, 5) is 0. The van der Waals surface area contributed by atoms with Crippen LogP contribution < -0.4 is 9.13 Å². The third-order valence-corrected chi connectivity index (χ3v) is 3.41. The maximum Gasteiger partial charge on any atom is 0.197 e. The Morgan fingerprint density at radius 3 is 1.35 bits per heavy atom. The van der Waals surface area contributed by atoms with Crippen LogP contribution in [0.15, 0.2) is 49.1 Å². The molecule has 0 bridgehead atoms. The van der Waals surface area contributed by atoms with Crippen molar-refractivity contribution in [3.05, 3.63) is 60.2 Å². The van der Waals surface area contributed by atoms with E-state index in [0.717, 1.165) is 25.7 Å². The van der Waals surface area contributed by atoms with Crippen LogP contribution in [-0.2, 0) is 25.7 Å². The molecule has 0 unspecified atom stereocenters. The Bertz CT molecular complexity index is 460. The van der Waals surface area contributed by atoms with Gasteiger partial charge in [0.15, 0.2) is 39.3 Å². The lowest BCUT2D eigenvalue weighted by atomic mass is 9.83. The van der Waals surface area contributed by atoms with Crippen LogP contribution in [0.3, 0.4) is 0 Å². The van der Waals surface area contributed by atoms with Gasteiger partial charge in [-0.05, 0) is 24.0 Å². The highest BCUT2D eigenvalue weighted by Gasteiger charge is 2.03. The van der Waals surface area contributed by atoms with Crippen LogP contribution in [0.2, 0.25) is 13.6 Å². The molecule has 0 aliphatic rings. The van der Waals surface area contributed by atoms with E-state index in [-0.39, 0.29) is 0 Å². The zero-order valence-electron chi connectivity index (χ0n) is 12.5. The van der Waals surface area contributed by atoms with E-state index in [1.807, 2.05) is 0 Å². The molecular formula is C16H22B2N2+2. The van der Waals surface area contributed by atoms with Crippen LogP contribution in [0, 0.1) is 0 Å². The second kappa shape index (κ2) is 7.88. The van der Waals surface area contributed by atoms with Crippen LogP contribution in [-0.4, -0.2) is 14.6 Å². The molecule has 2 aromatic rings. The van der Waals surface area contributed by atoms with Gasteiger partial charge in [0.25, 0.3) is 0 Å². The highest BCUT2D eigenvalue weighted by Crippen LogP contribution is 2.04. The zero-order chi connectivity index (χ0) is 14.2. The Labute approximate surface area is 124 Å². The minimum atomic E-state index is 0.980. The lowest BCUT2D eigenvalue weighted by Crippen LogP contribution is -2.35. The van der Waals surface area contributed by atoms with Crippen molar-refractivity contribution < 1.29 is 9.13 Å². The van der Waals surface area contributed by atoms with Gasteiger partial charge in [0, 0.05) is 24.3 Å². The van der Waals surface area contributed by atoms with E-state index >= 15 is 0 Å². The Kier molecular flexibility index (Phi) is 5.85. The first-order chi connectivity index (χ1) is 9.81. The van der Waals surface area contributed by atoms with Gasteiger partial charge in [-0.15, -0.1) is 0 Å². The molecule has 0 fully saturated rings. The van der Waals surface area contributed by atoms with Gasteiger partial charge >= 0.3 is 0 Å². The standard InChI is InChI=1S/C16H22B2N2/c1-17-13-19-9-5-15(6-10-19)3-4-16-7-11-20(12-8-16)14-18-2/h5-12H,3-4,13-14H2,1-2H3/q+2. The number of pyridine rings is 2. The number of rotatable bonds is 7. The number of hydrogen-bond acceptors (Lipinski definition) is 0. The van der Waals surface area contributed by atoms with Crippen molar-refractivity contribution in [3.63, 3.8) is 0 Å². The van der Waals surface area contributed by atoms with Crippen molar-refractivity contribution in [2.24, 2.45) is 0 Å². The highest BCUT2D eigenvalue weighted by atomic mass is 14.9. The number of nitrogens with zero attached hydrogens (tertiary/aromatic N) is 2. The van der Waals surface area contributed by atoms with Crippen molar-refractivity contribution in [2.45, 2.75) is 39.4 Å². The van der Waals surface area contributed by atoms with Crippen molar-refractivity contribution in [1.29, 1.82) is 0 Å². The molecule has 100 valence electrons. The maximum absolute atomic E-state index is 2.22. The molecule has 0 N–H and O–H groups in total. The Hall–Kier alpha value is -1.57. The summed E-state index contributed by atoms with van der Waals surface area (Å²) in [7, 11) is 4.32. The normalized spacial score (nSPS) is 10.3. The molecule has 0 aliphatic carbocycles. The average Bonchev–Trinajstić information content (AvgIpc) is 2.49. The predicted molar refractivity (Wildman–Crippen MR) is 83.9 cm³/mol. The predicted octanol–water partition coefficient (Wildman–Crippen LogP) is 1.47. The first-order valence-corrected chi connectivity index (χ1v) is 7.33. The van der Waals surface area contributed by atoms with E-state index in [9.17, 15) is 0 Å². The Morgan fingerprint density at radius 2 is 1.05 bits per heavy atom. The van der Waals surface area contributed by atoms with E-state index < -0.39 is 0 Å². The molecule has 2 nitrogen and oxygen atoms in total. The lowest BCUT2D eigenvalue weighted by Gasteiger charge is -2.01. The third kappa shape index (κ3) is 4.52. The monoisotopic (exact) mass is 264 g/mol. The molecule has 0 saturated heterocycles. The summed E-state index contributed by atoms with van der Waals surface area (Å²) in [5, 5.41) is 0. The van der Waals surface area contributed by atoms with E-state index in [0.29, 0.717) is 0 Å². The summed E-state index contributed by atoms with van der Waals surface area (Å²) in [5.74, 6) is 0. The minimum absolute atomic E-state index is 0.980. The van der Waals surface area contributed by atoms with Gasteiger partial charge in [0.1, 0.15) is 12.9 Å². The fourth-order valence-electron chi connectivity index (χ4n) is 2.26. The summed E-state index contributed by atoms with van der Waals surface area (Å²) in [5.41, 5.74) is 2.80. The molecule has 0 aliphatic heterocycles. The number of aromatic nitrogens is 2. The summed E-state index contributed by atoms with van der Waals surface area (Å²) in [6.07, 6.45) is 12.8. The average molecular weight is 264 g/mol. The molecule has 2 heterocycles. The molecule has 0 amide bonds. The van der Waals surface area contributed by atoms with Crippen LogP contribution >= 0.6 is 0 Å². The van der Waals surface area contributed by atoms with Gasteiger partial charge in [-0.1, -0.05) is 13.6 Å². The van der Waals surface area contributed by atoms with E-state index in [1.54, 1.807) is 0 Å². The molecule has 20 heavy (non-hydrogen) atoms. The number of hydrogen-bond donors (Lipinski definition) is 0. The third-order valence-electron chi connectivity index (χ3n) is 3.41. The number of aryl methyl sites for hydroxylation is 2. The largest absolute Gasteiger partial charge is 0.214 e. The van der Waals surface area contributed by atoms with Gasteiger partial charge in [-0.2, -0.15) is 0 Å². The fraction of sp³-hybridized carbons (Fsp3) is 0.375. The lowest BCUT2D eigenvalue weighted by molar-refractivity contribution is -0.679. The van der Waals surface area contributed by atoms with Gasteiger partial charge in [0.05, 0.1) is 0 Å². The van der Waals surface area contributed by atoms with E-state index in [2.05, 4.69) is 86.4 Å². The molecule has 4 heteroatoms. The summed E-state index contributed by atoms with van der Waals surface area (Å²) in [6.45, 7) is 4.16. The van der Waals surface area contributed by atoms with Crippen molar-refractivity contribution >= 4 is 14.6 Å². The molecule has 0 spiro atoms. The first kappa shape index (κ1) is 14.8. The van der Waals surface area contributed by atoms with Crippen LogP contribution in [0.1, 0.15) is 11.1 Å². The van der Waals surface area contributed by atoms with Gasteiger partial charge < -0.3 is 0 Å². The van der Waals surface area contributed by atoms with Crippen molar-refractivity contribution in [3.8, 4) is 0 Å². The fourth-order valence-corrected chi connectivity index (χ4v) is 2.26. The van der Waals surface area contributed by atoms with Crippen molar-refractivity contribution in [1.82, 2.24) is 0 Å². The first-order valence-electron chi connectivity index (χ1n) is 7.33. The maximum atomic E-state index is 2.22. The van der Waals surface area contributed by atoms with E-state index in [1.165, 1.54) is 11.1 Å². The quantitative estimate of drug-likeness (QED) is 0.528. The molecule has 0 atom stereocenters. The Morgan fingerprint density at radius 1 is 0.700 bits per heavy atom.